The zero-order valence-electron chi connectivity index (χ0n) is 5.14. The minimum absolute atomic E-state index is 0.813. The second kappa shape index (κ2) is 4.73. The Hall–Kier alpha value is -0.420. The fourth-order valence-corrected chi connectivity index (χ4v) is 0.878. The first kappa shape index (κ1) is 7.58. The van der Waals surface area contributed by atoms with E-state index in [4.69, 9.17) is 5.26 Å². The lowest BCUT2D eigenvalue weighted by Crippen LogP contribution is -1.69. The van der Waals surface area contributed by atoms with Crippen LogP contribution in [-0.4, -0.2) is 5.75 Å². The van der Waals surface area contributed by atoms with Gasteiger partial charge in [-0.1, -0.05) is 13.0 Å². The molecule has 0 atom stereocenters. The molecule has 1 nitrogen and oxygen atoms in total. The van der Waals surface area contributed by atoms with Crippen LogP contribution < -0.4 is 0 Å². The van der Waals surface area contributed by atoms with Gasteiger partial charge in [-0.2, -0.15) is 5.26 Å². The third-order valence-electron chi connectivity index (χ3n) is 0.672. The third kappa shape index (κ3) is 2.70. The first-order valence-corrected chi connectivity index (χ1v) is 3.53. The summed E-state index contributed by atoms with van der Waals surface area (Å²) in [6.07, 6.45) is 1.83. The lowest BCUT2D eigenvalue weighted by atomic mass is 10.6. The van der Waals surface area contributed by atoms with Gasteiger partial charge >= 0.3 is 0 Å². The molecule has 0 aromatic rings. The van der Waals surface area contributed by atoms with Gasteiger partial charge in [0, 0.05) is 0 Å². The Labute approximate surface area is 54.4 Å². The Balaban J connectivity index is 3.60. The number of thioether (sulfide) groups is 1. The van der Waals surface area contributed by atoms with E-state index in [1.165, 1.54) is 0 Å². The van der Waals surface area contributed by atoms with E-state index in [-0.39, 0.29) is 0 Å². The van der Waals surface area contributed by atoms with E-state index in [1.807, 2.05) is 19.9 Å². The normalized spacial score (nSPS) is 10.9. The predicted octanol–water partition coefficient (Wildman–Crippen LogP) is 2.17. The molecule has 0 aromatic carbocycles. The van der Waals surface area contributed by atoms with E-state index < -0.39 is 0 Å². The van der Waals surface area contributed by atoms with Gasteiger partial charge in [-0.05, 0) is 12.7 Å². The SMILES string of the molecule is CC=C(C#N)SCC. The van der Waals surface area contributed by atoms with Crippen LogP contribution >= 0.6 is 11.8 Å². The standard InChI is InChI=1S/C6H9NS/c1-3-6(5-7)8-4-2/h3H,4H2,1-2H3. The zero-order chi connectivity index (χ0) is 6.41. The van der Waals surface area contributed by atoms with Crippen molar-refractivity contribution in [2.75, 3.05) is 5.75 Å². The maximum absolute atomic E-state index is 8.32. The van der Waals surface area contributed by atoms with Gasteiger partial charge in [-0.25, -0.2) is 0 Å². The van der Waals surface area contributed by atoms with Crippen LogP contribution in [0.5, 0.6) is 0 Å². The molecular formula is C6H9NS. The van der Waals surface area contributed by atoms with Crippen molar-refractivity contribution in [3.8, 4) is 6.07 Å². The lowest BCUT2D eigenvalue weighted by molar-refractivity contribution is 1.50. The molecule has 0 amide bonds. The molecule has 0 bridgehead atoms. The summed E-state index contributed by atoms with van der Waals surface area (Å²) in [6.45, 7) is 3.91. The Kier molecular flexibility index (Phi) is 4.48. The molecule has 0 radical (unpaired) electrons. The summed E-state index contributed by atoms with van der Waals surface area (Å²) in [4.78, 5) is 0.813. The fourth-order valence-electron chi connectivity index (χ4n) is 0.336. The summed E-state index contributed by atoms with van der Waals surface area (Å²) in [5.41, 5.74) is 0. The third-order valence-corrected chi connectivity index (χ3v) is 1.60. The van der Waals surface area contributed by atoms with Crippen molar-refractivity contribution in [1.82, 2.24) is 0 Å². The first-order valence-electron chi connectivity index (χ1n) is 2.54. The van der Waals surface area contributed by atoms with Crippen molar-refractivity contribution < 1.29 is 0 Å². The van der Waals surface area contributed by atoms with E-state index in [9.17, 15) is 0 Å². The summed E-state index contributed by atoms with van der Waals surface area (Å²) in [5, 5.41) is 8.32. The van der Waals surface area contributed by atoms with Gasteiger partial charge in [0.05, 0.1) is 4.91 Å². The molecule has 44 valence electrons. The Morgan fingerprint density at radius 3 is 2.62 bits per heavy atom. The van der Waals surface area contributed by atoms with Gasteiger partial charge in [0.1, 0.15) is 6.07 Å². The lowest BCUT2D eigenvalue weighted by Gasteiger charge is -1.87. The Morgan fingerprint density at radius 2 is 2.50 bits per heavy atom. The van der Waals surface area contributed by atoms with Crippen LogP contribution in [0.4, 0.5) is 0 Å². The van der Waals surface area contributed by atoms with Crippen LogP contribution in [0.3, 0.4) is 0 Å². The maximum Gasteiger partial charge on any atom is 0.106 e. The van der Waals surface area contributed by atoms with Crippen LogP contribution in [0.1, 0.15) is 13.8 Å². The quantitative estimate of drug-likeness (QED) is 0.531. The fraction of sp³-hybridized carbons (Fsp3) is 0.500. The molecule has 0 spiro atoms. The minimum Gasteiger partial charge on any atom is -0.192 e. The molecule has 0 fully saturated rings. The van der Waals surface area contributed by atoms with Gasteiger partial charge in [-0.15, -0.1) is 11.8 Å². The molecule has 0 aliphatic carbocycles. The number of hydrogen-bond donors (Lipinski definition) is 0. The smallest absolute Gasteiger partial charge is 0.106 e. The highest BCUT2D eigenvalue weighted by Gasteiger charge is 1.87. The average molecular weight is 127 g/mol. The van der Waals surface area contributed by atoms with Crippen LogP contribution in [0, 0.1) is 11.3 Å². The van der Waals surface area contributed by atoms with E-state index >= 15 is 0 Å². The number of allylic oxidation sites excluding steroid dienone is 2. The van der Waals surface area contributed by atoms with Crippen LogP contribution in [0.2, 0.25) is 0 Å². The summed E-state index contributed by atoms with van der Waals surface area (Å²) >= 11 is 1.58. The van der Waals surface area contributed by atoms with E-state index in [2.05, 4.69) is 6.07 Å². The number of hydrogen-bond acceptors (Lipinski definition) is 2. The molecule has 0 heterocycles. The van der Waals surface area contributed by atoms with Crippen molar-refractivity contribution >= 4 is 11.8 Å². The van der Waals surface area contributed by atoms with Crippen LogP contribution in [-0.2, 0) is 0 Å². The van der Waals surface area contributed by atoms with Crippen molar-refractivity contribution in [2.45, 2.75) is 13.8 Å². The largest absolute Gasteiger partial charge is 0.192 e. The van der Waals surface area contributed by atoms with E-state index in [0.29, 0.717) is 0 Å². The monoisotopic (exact) mass is 127 g/mol. The van der Waals surface area contributed by atoms with Gasteiger partial charge < -0.3 is 0 Å². The summed E-state index contributed by atoms with van der Waals surface area (Å²) in [5.74, 6) is 0.979. The Bertz CT molecular complexity index is 121. The van der Waals surface area contributed by atoms with Crippen LogP contribution in [0.25, 0.3) is 0 Å². The van der Waals surface area contributed by atoms with E-state index in [1.54, 1.807) is 11.8 Å². The number of rotatable bonds is 2. The summed E-state index contributed by atoms with van der Waals surface area (Å²) < 4.78 is 0. The molecule has 0 aliphatic rings. The maximum atomic E-state index is 8.32. The Morgan fingerprint density at radius 1 is 1.88 bits per heavy atom. The van der Waals surface area contributed by atoms with Crippen molar-refractivity contribution in [3.05, 3.63) is 11.0 Å². The van der Waals surface area contributed by atoms with Crippen molar-refractivity contribution in [1.29, 1.82) is 5.26 Å². The highest BCUT2D eigenvalue weighted by atomic mass is 32.2. The first-order chi connectivity index (χ1) is 3.85. The van der Waals surface area contributed by atoms with Gasteiger partial charge in [-0.3, -0.25) is 0 Å². The number of nitriles is 1. The van der Waals surface area contributed by atoms with E-state index in [0.717, 1.165) is 10.7 Å². The molecule has 0 saturated carbocycles. The topological polar surface area (TPSA) is 23.8 Å². The average Bonchev–Trinajstić information content (AvgIpc) is 1.83. The van der Waals surface area contributed by atoms with Crippen LogP contribution in [0.15, 0.2) is 11.0 Å². The number of nitrogens with zero attached hydrogens (tertiary/aromatic N) is 1. The predicted molar refractivity (Wildman–Crippen MR) is 37.5 cm³/mol. The second-order valence-electron chi connectivity index (χ2n) is 1.20. The molecular weight excluding hydrogens is 118 g/mol. The van der Waals surface area contributed by atoms with Gasteiger partial charge in [0.2, 0.25) is 0 Å². The van der Waals surface area contributed by atoms with Crippen molar-refractivity contribution in [3.63, 3.8) is 0 Å². The minimum atomic E-state index is 0.813. The van der Waals surface area contributed by atoms with Gasteiger partial charge in [0.15, 0.2) is 0 Å². The molecule has 0 aliphatic heterocycles. The highest BCUT2D eigenvalue weighted by Crippen LogP contribution is 2.11. The second-order valence-corrected chi connectivity index (χ2v) is 2.50. The molecule has 2 heteroatoms. The molecule has 8 heavy (non-hydrogen) atoms. The summed E-state index contributed by atoms with van der Waals surface area (Å²) in [6, 6.07) is 2.08. The molecule has 0 saturated heterocycles. The summed E-state index contributed by atoms with van der Waals surface area (Å²) in [7, 11) is 0. The van der Waals surface area contributed by atoms with Gasteiger partial charge in [0.25, 0.3) is 0 Å². The molecule has 0 unspecified atom stereocenters. The van der Waals surface area contributed by atoms with Crippen molar-refractivity contribution in [2.24, 2.45) is 0 Å². The molecule has 0 rings (SSSR count). The molecule has 0 N–H and O–H groups in total. The molecule has 0 aromatic heterocycles. The zero-order valence-corrected chi connectivity index (χ0v) is 5.96. The highest BCUT2D eigenvalue weighted by molar-refractivity contribution is 8.03.